The van der Waals surface area contributed by atoms with Crippen molar-refractivity contribution >= 4 is 23.2 Å². The highest BCUT2D eigenvalue weighted by molar-refractivity contribution is 5.98. The molecule has 2 saturated heterocycles. The first-order chi connectivity index (χ1) is 13.2. The number of carbonyl (C=O) groups excluding carboxylic acids is 2. The summed E-state index contributed by atoms with van der Waals surface area (Å²) in [6.45, 7) is 2.49. The topological polar surface area (TPSA) is 52.7 Å². The van der Waals surface area contributed by atoms with E-state index in [1.165, 1.54) is 5.56 Å². The third kappa shape index (κ3) is 4.03. The average molecular weight is 363 g/mol. The van der Waals surface area contributed by atoms with E-state index in [4.69, 9.17) is 0 Å². The molecule has 0 spiro atoms. The van der Waals surface area contributed by atoms with Crippen LogP contribution in [-0.4, -0.2) is 35.8 Å². The Hall–Kier alpha value is -2.66. The van der Waals surface area contributed by atoms with Crippen LogP contribution in [-0.2, 0) is 16.1 Å². The minimum absolute atomic E-state index is 0.0355. The van der Waals surface area contributed by atoms with Gasteiger partial charge >= 0.3 is 0 Å². The van der Waals surface area contributed by atoms with Crippen LogP contribution in [0.1, 0.15) is 31.2 Å². The molecular formula is C22H25N3O2. The lowest BCUT2D eigenvalue weighted by Crippen LogP contribution is -2.39. The van der Waals surface area contributed by atoms with Gasteiger partial charge in [0.1, 0.15) is 0 Å². The SMILES string of the molecule is O=C(Nc1cccc(N2CCCC2=O)c1)C1CCCN1Cc1ccccc1. The number of hydrogen-bond acceptors (Lipinski definition) is 3. The molecule has 1 atom stereocenters. The summed E-state index contributed by atoms with van der Waals surface area (Å²) in [5.41, 5.74) is 2.85. The van der Waals surface area contributed by atoms with Gasteiger partial charge in [-0.2, -0.15) is 0 Å². The van der Waals surface area contributed by atoms with Gasteiger partial charge in [0, 0.05) is 30.9 Å². The highest BCUT2D eigenvalue weighted by atomic mass is 16.2. The van der Waals surface area contributed by atoms with E-state index >= 15 is 0 Å². The lowest BCUT2D eigenvalue weighted by atomic mass is 10.1. The zero-order valence-electron chi connectivity index (χ0n) is 15.4. The van der Waals surface area contributed by atoms with E-state index in [1.807, 2.05) is 42.5 Å². The van der Waals surface area contributed by atoms with Gasteiger partial charge in [-0.05, 0) is 49.6 Å². The first-order valence-corrected chi connectivity index (χ1v) is 9.70. The van der Waals surface area contributed by atoms with Crippen molar-refractivity contribution in [2.45, 2.75) is 38.3 Å². The Kier molecular flexibility index (Phi) is 5.21. The van der Waals surface area contributed by atoms with Gasteiger partial charge in [0.15, 0.2) is 0 Å². The highest BCUT2D eigenvalue weighted by Crippen LogP contribution is 2.26. The lowest BCUT2D eigenvalue weighted by Gasteiger charge is -2.24. The molecule has 0 saturated carbocycles. The van der Waals surface area contributed by atoms with E-state index in [-0.39, 0.29) is 17.9 Å². The molecule has 0 aromatic heterocycles. The summed E-state index contributed by atoms with van der Waals surface area (Å²) in [6.07, 6.45) is 3.41. The number of likely N-dealkylation sites (tertiary alicyclic amines) is 1. The van der Waals surface area contributed by atoms with Crippen LogP contribution in [0, 0.1) is 0 Å². The number of nitrogens with zero attached hydrogens (tertiary/aromatic N) is 2. The van der Waals surface area contributed by atoms with Crippen molar-refractivity contribution in [3.63, 3.8) is 0 Å². The highest BCUT2D eigenvalue weighted by Gasteiger charge is 2.30. The predicted molar refractivity (Wildman–Crippen MR) is 107 cm³/mol. The molecule has 0 bridgehead atoms. The smallest absolute Gasteiger partial charge is 0.241 e. The molecular weight excluding hydrogens is 338 g/mol. The summed E-state index contributed by atoms with van der Waals surface area (Å²) >= 11 is 0. The maximum Gasteiger partial charge on any atom is 0.241 e. The van der Waals surface area contributed by atoms with Gasteiger partial charge in [-0.3, -0.25) is 14.5 Å². The van der Waals surface area contributed by atoms with Crippen molar-refractivity contribution in [1.82, 2.24) is 4.90 Å². The number of amides is 2. The number of carbonyl (C=O) groups is 2. The van der Waals surface area contributed by atoms with E-state index in [9.17, 15) is 9.59 Å². The molecule has 2 aliphatic heterocycles. The van der Waals surface area contributed by atoms with E-state index in [1.54, 1.807) is 4.90 Å². The van der Waals surface area contributed by atoms with E-state index in [0.717, 1.165) is 50.3 Å². The van der Waals surface area contributed by atoms with E-state index in [2.05, 4.69) is 22.3 Å². The summed E-state index contributed by atoms with van der Waals surface area (Å²) in [6, 6.07) is 17.8. The van der Waals surface area contributed by atoms with Gasteiger partial charge in [-0.1, -0.05) is 36.4 Å². The van der Waals surface area contributed by atoms with Crippen molar-refractivity contribution in [2.75, 3.05) is 23.3 Å². The van der Waals surface area contributed by atoms with Crippen molar-refractivity contribution in [3.05, 3.63) is 60.2 Å². The predicted octanol–water partition coefficient (Wildman–Crippen LogP) is 3.42. The van der Waals surface area contributed by atoms with E-state index in [0.29, 0.717) is 6.42 Å². The summed E-state index contributed by atoms with van der Waals surface area (Å²) in [5, 5.41) is 3.06. The standard InChI is InChI=1S/C22H25N3O2/c26-21-12-6-14-25(21)19-10-4-9-18(15-19)23-22(27)20-11-5-13-24(20)16-17-7-2-1-3-8-17/h1-4,7-10,15,20H,5-6,11-14,16H2,(H,23,27). The van der Waals surface area contributed by atoms with Crippen molar-refractivity contribution in [1.29, 1.82) is 0 Å². The molecule has 27 heavy (non-hydrogen) atoms. The minimum Gasteiger partial charge on any atom is -0.325 e. The van der Waals surface area contributed by atoms with Crippen LogP contribution in [0.3, 0.4) is 0 Å². The summed E-state index contributed by atoms with van der Waals surface area (Å²) in [5.74, 6) is 0.191. The van der Waals surface area contributed by atoms with Crippen molar-refractivity contribution in [3.8, 4) is 0 Å². The van der Waals surface area contributed by atoms with Crippen LogP contribution in [0.2, 0.25) is 0 Å². The second-order valence-electron chi connectivity index (χ2n) is 7.30. The Morgan fingerprint density at radius 2 is 1.89 bits per heavy atom. The van der Waals surface area contributed by atoms with Gasteiger partial charge in [-0.15, -0.1) is 0 Å². The molecule has 1 unspecified atom stereocenters. The Bertz CT molecular complexity index is 821. The maximum absolute atomic E-state index is 12.9. The monoisotopic (exact) mass is 363 g/mol. The van der Waals surface area contributed by atoms with Gasteiger partial charge in [0.2, 0.25) is 11.8 Å². The van der Waals surface area contributed by atoms with Crippen molar-refractivity contribution in [2.24, 2.45) is 0 Å². The van der Waals surface area contributed by atoms with Gasteiger partial charge in [-0.25, -0.2) is 0 Å². The van der Waals surface area contributed by atoms with Gasteiger partial charge in [0.05, 0.1) is 6.04 Å². The number of nitrogens with one attached hydrogen (secondary N) is 1. The molecule has 2 aliphatic rings. The van der Waals surface area contributed by atoms with Crippen molar-refractivity contribution < 1.29 is 9.59 Å². The maximum atomic E-state index is 12.9. The van der Waals surface area contributed by atoms with Gasteiger partial charge in [0.25, 0.3) is 0 Å². The minimum atomic E-state index is -0.109. The molecule has 4 rings (SSSR count). The Labute approximate surface area is 160 Å². The summed E-state index contributed by atoms with van der Waals surface area (Å²) < 4.78 is 0. The molecule has 2 heterocycles. The fraction of sp³-hybridized carbons (Fsp3) is 0.364. The van der Waals surface area contributed by atoms with Crippen LogP contribution in [0.15, 0.2) is 54.6 Å². The molecule has 2 fully saturated rings. The first-order valence-electron chi connectivity index (χ1n) is 9.70. The number of benzene rings is 2. The fourth-order valence-electron chi connectivity index (χ4n) is 4.03. The molecule has 0 aliphatic carbocycles. The van der Waals surface area contributed by atoms with Crippen LogP contribution in [0.5, 0.6) is 0 Å². The fourth-order valence-corrected chi connectivity index (χ4v) is 4.03. The Morgan fingerprint density at radius 1 is 1.04 bits per heavy atom. The summed E-state index contributed by atoms with van der Waals surface area (Å²) in [4.78, 5) is 28.9. The third-order valence-electron chi connectivity index (χ3n) is 5.39. The Balaban J connectivity index is 1.43. The van der Waals surface area contributed by atoms with Crippen LogP contribution in [0.25, 0.3) is 0 Å². The average Bonchev–Trinajstić information content (AvgIpc) is 3.32. The molecule has 1 N–H and O–H groups in total. The lowest BCUT2D eigenvalue weighted by molar-refractivity contribution is -0.120. The quantitative estimate of drug-likeness (QED) is 0.886. The first kappa shape index (κ1) is 17.7. The molecule has 2 aromatic rings. The van der Waals surface area contributed by atoms with Crippen LogP contribution < -0.4 is 10.2 Å². The number of anilines is 2. The summed E-state index contributed by atoms with van der Waals surface area (Å²) in [7, 11) is 0. The third-order valence-corrected chi connectivity index (χ3v) is 5.39. The second-order valence-corrected chi connectivity index (χ2v) is 7.30. The second kappa shape index (κ2) is 7.92. The molecule has 5 nitrogen and oxygen atoms in total. The molecule has 140 valence electrons. The Morgan fingerprint density at radius 3 is 2.67 bits per heavy atom. The van der Waals surface area contributed by atoms with Crippen LogP contribution in [0.4, 0.5) is 11.4 Å². The van der Waals surface area contributed by atoms with Gasteiger partial charge < -0.3 is 10.2 Å². The molecule has 2 aromatic carbocycles. The number of rotatable bonds is 5. The molecule has 5 heteroatoms. The zero-order chi connectivity index (χ0) is 18.6. The van der Waals surface area contributed by atoms with Crippen LogP contribution >= 0.6 is 0 Å². The van der Waals surface area contributed by atoms with E-state index < -0.39 is 0 Å². The largest absolute Gasteiger partial charge is 0.325 e. The molecule has 0 radical (unpaired) electrons. The number of hydrogen-bond donors (Lipinski definition) is 1. The zero-order valence-corrected chi connectivity index (χ0v) is 15.4. The molecule has 2 amide bonds. The normalized spacial score (nSPS) is 20.2.